The summed E-state index contributed by atoms with van der Waals surface area (Å²) in [5.41, 5.74) is 1.00. The Kier molecular flexibility index (Phi) is 7.47. The maximum atomic E-state index is 12.2. The van der Waals surface area contributed by atoms with Crippen molar-refractivity contribution in [2.24, 2.45) is 0 Å². The van der Waals surface area contributed by atoms with Gasteiger partial charge in [0, 0.05) is 42.8 Å². The van der Waals surface area contributed by atoms with Crippen LogP contribution in [0.1, 0.15) is 25.3 Å². The number of halogens is 2. The van der Waals surface area contributed by atoms with Crippen molar-refractivity contribution >= 4 is 29.2 Å². The number of rotatable bonds is 6. The molecule has 0 saturated carbocycles. The van der Waals surface area contributed by atoms with E-state index in [1.165, 1.54) is 12.8 Å². The second-order valence-corrected chi connectivity index (χ2v) is 6.74. The monoisotopic (exact) mass is 357 g/mol. The lowest BCUT2D eigenvalue weighted by Gasteiger charge is -2.34. The highest BCUT2D eigenvalue weighted by molar-refractivity contribution is 6.35. The Bertz CT molecular complexity index is 517. The second kappa shape index (κ2) is 9.36. The van der Waals surface area contributed by atoms with E-state index < -0.39 is 0 Å². The van der Waals surface area contributed by atoms with Crippen molar-refractivity contribution < 1.29 is 4.79 Å². The Morgan fingerprint density at radius 3 is 2.61 bits per heavy atom. The molecule has 1 aromatic carbocycles. The van der Waals surface area contributed by atoms with Gasteiger partial charge in [0.1, 0.15) is 0 Å². The van der Waals surface area contributed by atoms with Gasteiger partial charge in [-0.25, -0.2) is 4.79 Å². The molecule has 1 aliphatic rings. The number of nitrogens with one attached hydrogen (secondary N) is 1. The molecule has 0 atom stereocenters. The Balaban J connectivity index is 1.69. The van der Waals surface area contributed by atoms with Crippen molar-refractivity contribution in [2.45, 2.75) is 26.2 Å². The minimum absolute atomic E-state index is 0.0187. The Hall–Kier alpha value is -0.970. The molecule has 6 heteroatoms. The molecule has 1 fully saturated rings. The van der Waals surface area contributed by atoms with Gasteiger partial charge in [-0.1, -0.05) is 42.6 Å². The molecule has 2 amide bonds. The van der Waals surface area contributed by atoms with Crippen LogP contribution in [0.15, 0.2) is 18.2 Å². The number of nitrogens with zero attached hydrogens (tertiary/aromatic N) is 2. The van der Waals surface area contributed by atoms with Gasteiger partial charge >= 0.3 is 6.03 Å². The van der Waals surface area contributed by atoms with Crippen LogP contribution in [0.5, 0.6) is 0 Å². The van der Waals surface area contributed by atoms with Crippen molar-refractivity contribution in [1.29, 1.82) is 0 Å². The first-order valence-corrected chi connectivity index (χ1v) is 9.05. The van der Waals surface area contributed by atoms with E-state index >= 15 is 0 Å². The molecule has 1 aromatic rings. The van der Waals surface area contributed by atoms with Gasteiger partial charge in [-0.15, -0.1) is 0 Å². The smallest absolute Gasteiger partial charge is 0.317 e. The first kappa shape index (κ1) is 18.4. The Morgan fingerprint density at radius 2 is 1.96 bits per heavy atom. The largest absolute Gasteiger partial charge is 0.338 e. The second-order valence-electron chi connectivity index (χ2n) is 5.90. The number of benzene rings is 1. The minimum Gasteiger partial charge on any atom is -0.338 e. The summed E-state index contributed by atoms with van der Waals surface area (Å²) in [5.74, 6) is 0. The molecule has 1 aliphatic heterocycles. The van der Waals surface area contributed by atoms with E-state index in [1.807, 2.05) is 17.0 Å². The molecule has 0 aromatic heterocycles. The van der Waals surface area contributed by atoms with E-state index in [9.17, 15) is 4.79 Å². The molecule has 128 valence electrons. The van der Waals surface area contributed by atoms with E-state index in [1.54, 1.807) is 6.07 Å². The van der Waals surface area contributed by atoms with E-state index in [-0.39, 0.29) is 6.03 Å². The van der Waals surface area contributed by atoms with Gasteiger partial charge in [0.25, 0.3) is 0 Å². The van der Waals surface area contributed by atoms with Crippen LogP contribution in [-0.2, 0) is 6.42 Å². The first-order valence-electron chi connectivity index (χ1n) is 8.29. The maximum absolute atomic E-state index is 12.2. The van der Waals surface area contributed by atoms with Crippen LogP contribution < -0.4 is 5.32 Å². The number of carbonyl (C=O) groups is 1. The summed E-state index contributed by atoms with van der Waals surface area (Å²) in [6.07, 6.45) is 3.15. The zero-order valence-corrected chi connectivity index (χ0v) is 15.2. The summed E-state index contributed by atoms with van der Waals surface area (Å²) in [7, 11) is 0. The van der Waals surface area contributed by atoms with Crippen molar-refractivity contribution in [3.63, 3.8) is 0 Å². The van der Waals surface area contributed by atoms with Crippen LogP contribution in [-0.4, -0.2) is 55.1 Å². The molecular weight excluding hydrogens is 333 g/mol. The summed E-state index contributed by atoms with van der Waals surface area (Å²) in [6, 6.07) is 5.48. The van der Waals surface area contributed by atoms with Crippen LogP contribution in [0.25, 0.3) is 0 Å². The van der Waals surface area contributed by atoms with Crippen LogP contribution in [0.2, 0.25) is 10.0 Å². The molecule has 0 aliphatic carbocycles. The highest BCUT2D eigenvalue weighted by Crippen LogP contribution is 2.21. The number of urea groups is 1. The lowest BCUT2D eigenvalue weighted by Crippen LogP contribution is -2.52. The van der Waals surface area contributed by atoms with E-state index in [0.717, 1.165) is 38.3 Å². The van der Waals surface area contributed by atoms with Crippen LogP contribution in [0.4, 0.5) is 4.79 Å². The summed E-state index contributed by atoms with van der Waals surface area (Å²) >= 11 is 12.0. The molecular formula is C17H25Cl2N3O. The highest BCUT2D eigenvalue weighted by Gasteiger charge is 2.20. The first-order chi connectivity index (χ1) is 11.1. The van der Waals surface area contributed by atoms with Crippen LogP contribution in [0.3, 0.4) is 0 Å². The third-order valence-corrected chi connectivity index (χ3v) is 4.76. The summed E-state index contributed by atoms with van der Waals surface area (Å²) in [6.45, 7) is 7.47. The topological polar surface area (TPSA) is 35.6 Å². The summed E-state index contributed by atoms with van der Waals surface area (Å²) in [5, 5.41) is 4.26. The van der Waals surface area contributed by atoms with E-state index in [4.69, 9.17) is 23.2 Å². The molecule has 1 saturated heterocycles. The fraction of sp³-hybridized carbons (Fsp3) is 0.588. The standard InChI is InChI=1S/C17H25Cl2N3O/c1-2-3-8-21-9-11-22(12-10-21)17(23)20-7-6-14-4-5-15(18)13-16(14)19/h4-5,13H,2-3,6-12H2,1H3,(H,20,23). The average molecular weight is 358 g/mol. The fourth-order valence-corrected chi connectivity index (χ4v) is 3.20. The molecule has 4 nitrogen and oxygen atoms in total. The van der Waals surface area contributed by atoms with Crippen LogP contribution >= 0.6 is 23.2 Å². The normalized spacial score (nSPS) is 15.7. The third kappa shape index (κ3) is 5.87. The number of carbonyl (C=O) groups excluding carboxylic acids is 1. The van der Waals surface area contributed by atoms with Gasteiger partial charge in [-0.05, 0) is 37.1 Å². The quantitative estimate of drug-likeness (QED) is 0.842. The van der Waals surface area contributed by atoms with Crippen molar-refractivity contribution in [3.8, 4) is 0 Å². The molecule has 0 bridgehead atoms. The predicted molar refractivity (Wildman–Crippen MR) is 96.5 cm³/mol. The van der Waals surface area contributed by atoms with Gasteiger partial charge in [-0.3, -0.25) is 4.90 Å². The van der Waals surface area contributed by atoms with Crippen molar-refractivity contribution in [3.05, 3.63) is 33.8 Å². The van der Waals surface area contributed by atoms with Gasteiger partial charge in [0.05, 0.1) is 0 Å². The van der Waals surface area contributed by atoms with E-state index in [0.29, 0.717) is 23.0 Å². The lowest BCUT2D eigenvalue weighted by atomic mass is 10.1. The lowest BCUT2D eigenvalue weighted by molar-refractivity contribution is 0.138. The summed E-state index contributed by atoms with van der Waals surface area (Å²) < 4.78 is 0. The molecule has 0 radical (unpaired) electrons. The Morgan fingerprint density at radius 1 is 1.22 bits per heavy atom. The Labute approximate surface area is 148 Å². The van der Waals surface area contributed by atoms with Crippen molar-refractivity contribution in [1.82, 2.24) is 15.1 Å². The van der Waals surface area contributed by atoms with Gasteiger partial charge < -0.3 is 10.2 Å². The highest BCUT2D eigenvalue weighted by atomic mass is 35.5. The number of hydrogen-bond acceptors (Lipinski definition) is 2. The molecule has 0 unspecified atom stereocenters. The van der Waals surface area contributed by atoms with Crippen molar-refractivity contribution in [2.75, 3.05) is 39.3 Å². The molecule has 1 heterocycles. The SMILES string of the molecule is CCCCN1CCN(C(=O)NCCc2ccc(Cl)cc2Cl)CC1. The molecule has 23 heavy (non-hydrogen) atoms. The summed E-state index contributed by atoms with van der Waals surface area (Å²) in [4.78, 5) is 16.5. The van der Waals surface area contributed by atoms with Gasteiger partial charge in [0.15, 0.2) is 0 Å². The zero-order chi connectivity index (χ0) is 16.7. The maximum Gasteiger partial charge on any atom is 0.317 e. The number of hydrogen-bond donors (Lipinski definition) is 1. The minimum atomic E-state index is 0.0187. The van der Waals surface area contributed by atoms with Gasteiger partial charge in [-0.2, -0.15) is 0 Å². The number of unbranched alkanes of at least 4 members (excludes halogenated alkanes) is 1. The predicted octanol–water partition coefficient (Wildman–Crippen LogP) is 3.66. The molecule has 0 spiro atoms. The number of amides is 2. The van der Waals surface area contributed by atoms with Gasteiger partial charge in [0.2, 0.25) is 0 Å². The average Bonchev–Trinajstić information content (AvgIpc) is 2.55. The van der Waals surface area contributed by atoms with E-state index in [2.05, 4.69) is 17.1 Å². The molecule has 1 N–H and O–H groups in total. The van der Waals surface area contributed by atoms with Crippen LogP contribution in [0, 0.1) is 0 Å². The zero-order valence-electron chi connectivity index (χ0n) is 13.7. The molecule has 2 rings (SSSR count). The fourth-order valence-electron chi connectivity index (χ4n) is 2.70. The third-order valence-electron chi connectivity index (χ3n) is 4.17. The number of piperazine rings is 1.